The van der Waals surface area contributed by atoms with Crippen LogP contribution < -0.4 is 5.73 Å². The molecule has 150 valence electrons. The van der Waals surface area contributed by atoms with Crippen LogP contribution in [0.5, 0.6) is 0 Å². The van der Waals surface area contributed by atoms with E-state index in [4.69, 9.17) is 10.5 Å². The van der Waals surface area contributed by atoms with Crippen LogP contribution in [0.15, 0.2) is 72.8 Å². The quantitative estimate of drug-likeness (QED) is 0.529. The van der Waals surface area contributed by atoms with E-state index in [-0.39, 0.29) is 0 Å². The van der Waals surface area contributed by atoms with Crippen LogP contribution >= 0.6 is 0 Å². The van der Waals surface area contributed by atoms with Gasteiger partial charge < -0.3 is 15.6 Å². The topological polar surface area (TPSA) is 72.5 Å². The Bertz CT molecular complexity index is 939. The lowest BCUT2D eigenvalue weighted by Crippen LogP contribution is -2.27. The minimum atomic E-state index is -0.945. The molecule has 0 saturated carbocycles. The van der Waals surface area contributed by atoms with E-state index >= 15 is 0 Å². The summed E-state index contributed by atoms with van der Waals surface area (Å²) in [5.74, 6) is -0.945. The molecular weight excluding hydrogens is 362 g/mol. The van der Waals surface area contributed by atoms with E-state index in [1.54, 1.807) is 0 Å². The van der Waals surface area contributed by atoms with E-state index in [0.717, 1.165) is 27.9 Å². The van der Waals surface area contributed by atoms with Gasteiger partial charge >= 0.3 is 5.97 Å². The molecule has 3 N–H and O–H groups in total. The Kier molecular flexibility index (Phi) is 7.04. The fourth-order valence-corrected chi connectivity index (χ4v) is 3.60. The first kappa shape index (κ1) is 20.6. The standard InChI is InChI=1S/C25H27NO3/c1-2-29-24(25(27)28)17-20-13-14-23(26)22(16-19-11-7-4-8-12-19)21(20)15-18-9-5-3-6-10-18/h3-14,24H,2,15-17,26H2,1H3,(H,27,28)/t24-/m1/s1. The summed E-state index contributed by atoms with van der Waals surface area (Å²) in [5.41, 5.74) is 12.6. The van der Waals surface area contributed by atoms with Crippen LogP contribution in [0.4, 0.5) is 5.69 Å². The molecule has 0 saturated heterocycles. The lowest BCUT2D eigenvalue weighted by atomic mass is 9.88. The SMILES string of the molecule is CCO[C@H](Cc1ccc(N)c(Cc2ccccc2)c1Cc1ccccc1)C(=O)O. The lowest BCUT2D eigenvalue weighted by Gasteiger charge is -2.20. The number of carboxylic acid groups (broad SMARTS) is 1. The van der Waals surface area contributed by atoms with Crippen molar-refractivity contribution in [2.45, 2.75) is 32.3 Å². The molecule has 0 aliphatic rings. The highest BCUT2D eigenvalue weighted by atomic mass is 16.5. The first-order valence-electron chi connectivity index (χ1n) is 9.89. The Morgan fingerprint density at radius 1 is 0.897 bits per heavy atom. The number of anilines is 1. The molecule has 0 aromatic heterocycles. The zero-order valence-electron chi connectivity index (χ0n) is 16.7. The number of carboxylic acids is 1. The molecule has 3 rings (SSSR count). The number of hydrogen-bond acceptors (Lipinski definition) is 3. The van der Waals surface area contributed by atoms with Gasteiger partial charge in [-0.05, 0) is 53.6 Å². The molecular formula is C25H27NO3. The van der Waals surface area contributed by atoms with E-state index in [1.807, 2.05) is 55.5 Å². The summed E-state index contributed by atoms with van der Waals surface area (Å²) in [6, 6.07) is 24.2. The van der Waals surface area contributed by atoms with Gasteiger partial charge in [-0.3, -0.25) is 0 Å². The first-order valence-corrected chi connectivity index (χ1v) is 9.89. The summed E-state index contributed by atoms with van der Waals surface area (Å²) in [6.07, 6.45) is 0.840. The Labute approximate surface area is 172 Å². The molecule has 3 aromatic carbocycles. The van der Waals surface area contributed by atoms with Gasteiger partial charge in [0.15, 0.2) is 6.10 Å². The van der Waals surface area contributed by atoms with Crippen molar-refractivity contribution in [3.05, 3.63) is 101 Å². The predicted molar refractivity (Wildman–Crippen MR) is 116 cm³/mol. The van der Waals surface area contributed by atoms with Crippen molar-refractivity contribution in [2.75, 3.05) is 12.3 Å². The third kappa shape index (κ3) is 5.46. The van der Waals surface area contributed by atoms with Gasteiger partial charge in [0, 0.05) is 18.7 Å². The molecule has 0 radical (unpaired) electrons. The molecule has 4 heteroatoms. The smallest absolute Gasteiger partial charge is 0.333 e. The summed E-state index contributed by atoms with van der Waals surface area (Å²) >= 11 is 0. The van der Waals surface area contributed by atoms with E-state index in [2.05, 4.69) is 24.3 Å². The van der Waals surface area contributed by atoms with Gasteiger partial charge in [-0.25, -0.2) is 4.79 Å². The molecule has 0 unspecified atom stereocenters. The second-order valence-corrected chi connectivity index (χ2v) is 7.08. The summed E-state index contributed by atoms with van der Waals surface area (Å²) < 4.78 is 5.47. The predicted octanol–water partition coefficient (Wildman–Crippen LogP) is 4.48. The number of ether oxygens (including phenoxy) is 1. The van der Waals surface area contributed by atoms with Crippen molar-refractivity contribution in [1.29, 1.82) is 0 Å². The van der Waals surface area contributed by atoms with Crippen LogP contribution in [0.3, 0.4) is 0 Å². The number of aliphatic carboxylic acids is 1. The maximum absolute atomic E-state index is 11.7. The van der Waals surface area contributed by atoms with Crippen molar-refractivity contribution in [3.63, 3.8) is 0 Å². The van der Waals surface area contributed by atoms with E-state index in [1.165, 1.54) is 5.56 Å². The van der Waals surface area contributed by atoms with Gasteiger partial charge in [-0.15, -0.1) is 0 Å². The Morgan fingerprint density at radius 2 is 1.45 bits per heavy atom. The van der Waals surface area contributed by atoms with Gasteiger partial charge in [0.2, 0.25) is 0 Å². The Hall–Kier alpha value is -3.11. The number of nitrogens with two attached hydrogens (primary N) is 1. The van der Waals surface area contributed by atoms with Gasteiger partial charge in [-0.2, -0.15) is 0 Å². The molecule has 0 heterocycles. The van der Waals surface area contributed by atoms with Crippen LogP contribution in [0.1, 0.15) is 34.7 Å². The average molecular weight is 389 g/mol. The van der Waals surface area contributed by atoms with Gasteiger partial charge in [0.05, 0.1) is 0 Å². The molecule has 0 spiro atoms. The fraction of sp³-hybridized carbons (Fsp3) is 0.240. The zero-order valence-corrected chi connectivity index (χ0v) is 16.7. The number of rotatable bonds is 9. The van der Waals surface area contributed by atoms with Crippen LogP contribution in [0.2, 0.25) is 0 Å². The summed E-state index contributed by atoms with van der Waals surface area (Å²) in [7, 11) is 0. The number of carbonyl (C=O) groups is 1. The normalized spacial score (nSPS) is 11.9. The second-order valence-electron chi connectivity index (χ2n) is 7.08. The first-order chi connectivity index (χ1) is 14.1. The molecule has 1 atom stereocenters. The second kappa shape index (κ2) is 9.89. The monoisotopic (exact) mass is 389 g/mol. The average Bonchev–Trinajstić information content (AvgIpc) is 2.73. The van der Waals surface area contributed by atoms with Gasteiger partial charge in [-0.1, -0.05) is 66.7 Å². The van der Waals surface area contributed by atoms with E-state index in [0.29, 0.717) is 25.9 Å². The van der Waals surface area contributed by atoms with Crippen molar-refractivity contribution in [2.24, 2.45) is 0 Å². The molecule has 4 nitrogen and oxygen atoms in total. The highest BCUT2D eigenvalue weighted by Crippen LogP contribution is 2.28. The van der Waals surface area contributed by atoms with E-state index in [9.17, 15) is 9.90 Å². The molecule has 3 aromatic rings. The summed E-state index contributed by atoms with van der Waals surface area (Å²) in [6.45, 7) is 2.17. The third-order valence-corrected chi connectivity index (χ3v) is 5.06. The van der Waals surface area contributed by atoms with Crippen LogP contribution in [0, 0.1) is 0 Å². The molecule has 0 aliphatic carbocycles. The highest BCUT2D eigenvalue weighted by Gasteiger charge is 2.22. The molecule has 0 bridgehead atoms. The number of hydrogen-bond donors (Lipinski definition) is 2. The Morgan fingerprint density at radius 3 is 1.97 bits per heavy atom. The molecule has 0 amide bonds. The maximum Gasteiger partial charge on any atom is 0.333 e. The Balaban J connectivity index is 2.04. The van der Waals surface area contributed by atoms with Gasteiger partial charge in [0.25, 0.3) is 0 Å². The third-order valence-electron chi connectivity index (χ3n) is 5.06. The number of benzene rings is 3. The van der Waals surface area contributed by atoms with Gasteiger partial charge in [0.1, 0.15) is 0 Å². The van der Waals surface area contributed by atoms with E-state index < -0.39 is 12.1 Å². The highest BCUT2D eigenvalue weighted by molar-refractivity contribution is 5.73. The number of nitrogen functional groups attached to an aromatic ring is 1. The molecule has 29 heavy (non-hydrogen) atoms. The van der Waals surface area contributed by atoms with Crippen molar-refractivity contribution >= 4 is 11.7 Å². The van der Waals surface area contributed by atoms with Crippen molar-refractivity contribution < 1.29 is 14.6 Å². The minimum absolute atomic E-state index is 0.313. The maximum atomic E-state index is 11.7. The molecule has 0 fully saturated rings. The van der Waals surface area contributed by atoms with Crippen LogP contribution in [-0.2, 0) is 28.8 Å². The fourth-order valence-electron chi connectivity index (χ4n) is 3.60. The van der Waals surface area contributed by atoms with Crippen molar-refractivity contribution in [3.8, 4) is 0 Å². The van der Waals surface area contributed by atoms with Crippen molar-refractivity contribution in [1.82, 2.24) is 0 Å². The summed E-state index contributed by atoms with van der Waals surface area (Å²) in [4.78, 5) is 11.7. The minimum Gasteiger partial charge on any atom is -0.479 e. The van der Waals surface area contributed by atoms with Crippen LogP contribution in [0.25, 0.3) is 0 Å². The molecule has 0 aliphatic heterocycles. The summed E-state index contributed by atoms with van der Waals surface area (Å²) in [5, 5.41) is 9.56. The lowest BCUT2D eigenvalue weighted by molar-refractivity contribution is -0.149. The zero-order chi connectivity index (χ0) is 20.6. The van der Waals surface area contributed by atoms with Crippen LogP contribution in [-0.4, -0.2) is 23.8 Å². The largest absolute Gasteiger partial charge is 0.479 e.